The molecule has 0 fully saturated rings. The van der Waals surface area contributed by atoms with Crippen molar-refractivity contribution in [3.05, 3.63) is 17.9 Å². The van der Waals surface area contributed by atoms with Gasteiger partial charge in [-0.05, 0) is 19.1 Å². The Balaban J connectivity index is 2.88. The minimum atomic E-state index is -0.437. The zero-order valence-electron chi connectivity index (χ0n) is 12.0. The highest BCUT2D eigenvalue weighted by molar-refractivity contribution is 8.00. The number of ether oxygens (including phenoxy) is 1. The Morgan fingerprint density at radius 1 is 1.37 bits per heavy atom. The molecule has 0 unspecified atom stereocenters. The third kappa shape index (κ3) is 3.69. The number of halogens is 1. The van der Waals surface area contributed by atoms with Crippen LogP contribution < -0.4 is 15.8 Å². The van der Waals surface area contributed by atoms with Crippen molar-refractivity contribution >= 4 is 23.1 Å². The number of nitrogens with one attached hydrogen (secondary N) is 1. The van der Waals surface area contributed by atoms with Crippen LogP contribution in [0.15, 0.2) is 12.1 Å². The van der Waals surface area contributed by atoms with E-state index >= 15 is 0 Å². The monoisotopic (exact) mass is 286 g/mol. The van der Waals surface area contributed by atoms with Gasteiger partial charge in [-0.3, -0.25) is 0 Å². The van der Waals surface area contributed by atoms with Crippen molar-refractivity contribution in [1.82, 2.24) is 0 Å². The van der Waals surface area contributed by atoms with Gasteiger partial charge in [-0.2, -0.15) is 11.8 Å². The molecule has 108 valence electrons. The Morgan fingerprint density at radius 2 is 2.00 bits per heavy atom. The summed E-state index contributed by atoms with van der Waals surface area (Å²) in [4.78, 5) is 0. The molecule has 0 atom stereocenters. The van der Waals surface area contributed by atoms with Crippen LogP contribution in [0, 0.1) is 5.82 Å². The first-order valence-electron chi connectivity index (χ1n) is 6.44. The van der Waals surface area contributed by atoms with Gasteiger partial charge in [-0.15, -0.1) is 0 Å². The average Bonchev–Trinajstić information content (AvgIpc) is 2.43. The van der Waals surface area contributed by atoms with Crippen molar-refractivity contribution in [2.75, 3.05) is 31.0 Å². The molecule has 0 bridgehead atoms. The van der Waals surface area contributed by atoms with E-state index < -0.39 is 5.82 Å². The van der Waals surface area contributed by atoms with E-state index in [4.69, 9.17) is 10.5 Å². The lowest BCUT2D eigenvalue weighted by Gasteiger charge is -2.30. The van der Waals surface area contributed by atoms with Crippen LogP contribution in [-0.4, -0.2) is 24.7 Å². The highest BCUT2D eigenvalue weighted by Gasteiger charge is 2.24. The van der Waals surface area contributed by atoms with Crippen LogP contribution in [-0.2, 0) is 0 Å². The molecule has 1 aromatic carbocycles. The summed E-state index contributed by atoms with van der Waals surface area (Å²) in [5.74, 6) is -0.230. The van der Waals surface area contributed by atoms with Crippen LogP contribution >= 0.6 is 11.8 Å². The zero-order chi connectivity index (χ0) is 14.5. The fourth-order valence-electron chi connectivity index (χ4n) is 2.00. The molecule has 19 heavy (non-hydrogen) atoms. The molecular formula is C14H23FN2OS. The van der Waals surface area contributed by atoms with Crippen molar-refractivity contribution in [3.63, 3.8) is 0 Å². The molecule has 0 saturated heterocycles. The van der Waals surface area contributed by atoms with E-state index in [9.17, 15) is 4.39 Å². The zero-order valence-corrected chi connectivity index (χ0v) is 12.9. The molecule has 0 radical (unpaired) electrons. The van der Waals surface area contributed by atoms with Crippen LogP contribution in [0.1, 0.15) is 26.7 Å². The first-order valence-corrected chi connectivity index (χ1v) is 7.66. The molecule has 0 amide bonds. The van der Waals surface area contributed by atoms with Gasteiger partial charge in [-0.25, -0.2) is 4.39 Å². The summed E-state index contributed by atoms with van der Waals surface area (Å²) in [7, 11) is 1.45. The van der Waals surface area contributed by atoms with E-state index in [-0.39, 0.29) is 10.5 Å². The topological polar surface area (TPSA) is 47.3 Å². The highest BCUT2D eigenvalue weighted by Crippen LogP contribution is 2.33. The summed E-state index contributed by atoms with van der Waals surface area (Å²) in [5.41, 5.74) is 6.96. The quantitative estimate of drug-likeness (QED) is 0.749. The highest BCUT2D eigenvalue weighted by atomic mass is 32.2. The Hall–Kier alpha value is -1.10. The standard InChI is InChI=1S/C14H23FN2OS/c1-5-14(6-2,19-4)9-17-12-8-13(18-3)10(15)7-11(12)16/h7-8,17H,5-6,9,16H2,1-4H3. The molecule has 5 heteroatoms. The lowest BCUT2D eigenvalue weighted by Crippen LogP contribution is -2.32. The number of nitrogen functional groups attached to an aromatic ring is 1. The molecule has 3 N–H and O–H groups in total. The van der Waals surface area contributed by atoms with Gasteiger partial charge in [0.1, 0.15) is 0 Å². The number of methoxy groups -OCH3 is 1. The number of benzene rings is 1. The molecule has 1 aromatic rings. The fourth-order valence-corrected chi connectivity index (χ4v) is 2.79. The predicted molar refractivity (Wildman–Crippen MR) is 82.7 cm³/mol. The van der Waals surface area contributed by atoms with Crippen molar-refractivity contribution in [1.29, 1.82) is 0 Å². The SMILES string of the molecule is CCC(CC)(CNc1cc(OC)c(F)cc1N)SC. The number of anilines is 2. The second kappa shape index (κ2) is 6.89. The average molecular weight is 286 g/mol. The molecule has 0 spiro atoms. The predicted octanol–water partition coefficient (Wildman–Crippen LogP) is 3.75. The molecule has 0 aliphatic carbocycles. The van der Waals surface area contributed by atoms with Gasteiger partial charge >= 0.3 is 0 Å². The first kappa shape index (κ1) is 16.0. The van der Waals surface area contributed by atoms with Gasteiger partial charge < -0.3 is 15.8 Å². The Morgan fingerprint density at radius 3 is 2.47 bits per heavy atom. The molecule has 3 nitrogen and oxygen atoms in total. The maximum Gasteiger partial charge on any atom is 0.167 e. The third-order valence-electron chi connectivity index (χ3n) is 3.65. The van der Waals surface area contributed by atoms with E-state index in [0.29, 0.717) is 5.69 Å². The van der Waals surface area contributed by atoms with Gasteiger partial charge in [0.2, 0.25) is 0 Å². The fraction of sp³-hybridized carbons (Fsp3) is 0.571. The largest absolute Gasteiger partial charge is 0.494 e. The first-order chi connectivity index (χ1) is 9.01. The number of hydrogen-bond acceptors (Lipinski definition) is 4. The molecule has 1 rings (SSSR count). The second-order valence-electron chi connectivity index (χ2n) is 4.52. The van der Waals surface area contributed by atoms with E-state index in [1.165, 1.54) is 13.2 Å². The molecule has 0 heterocycles. The summed E-state index contributed by atoms with van der Waals surface area (Å²) < 4.78 is 18.6. The molecule has 0 aliphatic heterocycles. The van der Waals surface area contributed by atoms with Crippen LogP contribution in [0.4, 0.5) is 15.8 Å². The van der Waals surface area contributed by atoms with Crippen molar-refractivity contribution in [3.8, 4) is 5.75 Å². The number of hydrogen-bond donors (Lipinski definition) is 2. The lowest BCUT2D eigenvalue weighted by molar-refractivity contribution is 0.387. The molecule has 0 aliphatic rings. The smallest absolute Gasteiger partial charge is 0.167 e. The number of thioether (sulfide) groups is 1. The van der Waals surface area contributed by atoms with Crippen LogP contribution in [0.25, 0.3) is 0 Å². The summed E-state index contributed by atoms with van der Waals surface area (Å²) in [6.07, 6.45) is 4.25. The summed E-state index contributed by atoms with van der Waals surface area (Å²) in [6.45, 7) is 5.15. The molecule has 0 saturated carbocycles. The minimum Gasteiger partial charge on any atom is -0.494 e. The molecule has 0 aromatic heterocycles. The minimum absolute atomic E-state index is 0.175. The second-order valence-corrected chi connectivity index (χ2v) is 5.80. The maximum absolute atomic E-state index is 13.5. The Kier molecular flexibility index (Phi) is 5.79. The van der Waals surface area contributed by atoms with Gasteiger partial charge in [-0.1, -0.05) is 13.8 Å². The van der Waals surface area contributed by atoms with Crippen molar-refractivity contribution < 1.29 is 9.13 Å². The van der Waals surface area contributed by atoms with Gasteiger partial charge in [0.25, 0.3) is 0 Å². The van der Waals surface area contributed by atoms with E-state index in [2.05, 4.69) is 25.4 Å². The van der Waals surface area contributed by atoms with Crippen LogP contribution in [0.3, 0.4) is 0 Å². The Labute approximate surface area is 119 Å². The number of nitrogens with two attached hydrogens (primary N) is 1. The van der Waals surface area contributed by atoms with E-state index in [1.807, 2.05) is 11.8 Å². The van der Waals surface area contributed by atoms with Crippen molar-refractivity contribution in [2.45, 2.75) is 31.4 Å². The molecular weight excluding hydrogens is 263 g/mol. The summed E-state index contributed by atoms with van der Waals surface area (Å²) >= 11 is 1.85. The number of rotatable bonds is 7. The van der Waals surface area contributed by atoms with Crippen LogP contribution in [0.2, 0.25) is 0 Å². The summed E-state index contributed by atoms with van der Waals surface area (Å²) in [6, 6.07) is 2.90. The van der Waals surface area contributed by atoms with Gasteiger partial charge in [0, 0.05) is 23.4 Å². The maximum atomic E-state index is 13.5. The van der Waals surface area contributed by atoms with Crippen LogP contribution in [0.5, 0.6) is 5.75 Å². The van der Waals surface area contributed by atoms with E-state index in [0.717, 1.165) is 25.1 Å². The lowest BCUT2D eigenvalue weighted by atomic mass is 10.0. The summed E-state index contributed by atoms with van der Waals surface area (Å²) in [5, 5.41) is 3.32. The normalized spacial score (nSPS) is 11.4. The van der Waals surface area contributed by atoms with Gasteiger partial charge in [0.15, 0.2) is 11.6 Å². The van der Waals surface area contributed by atoms with Gasteiger partial charge in [0.05, 0.1) is 18.5 Å². The van der Waals surface area contributed by atoms with E-state index in [1.54, 1.807) is 6.07 Å². The Bertz CT molecular complexity index is 414. The third-order valence-corrected chi connectivity index (χ3v) is 5.23. The van der Waals surface area contributed by atoms with Crippen molar-refractivity contribution in [2.24, 2.45) is 0 Å².